The lowest BCUT2D eigenvalue weighted by Crippen LogP contribution is -2.20. The molecule has 0 saturated heterocycles. The molecule has 3 heterocycles. The number of aromatic nitrogens is 2. The third kappa shape index (κ3) is 4.85. The fourth-order valence-electron chi connectivity index (χ4n) is 5.08. The third-order valence-corrected chi connectivity index (χ3v) is 7.18. The summed E-state index contributed by atoms with van der Waals surface area (Å²) in [6.07, 6.45) is 7.37. The number of benzene rings is 1. The summed E-state index contributed by atoms with van der Waals surface area (Å²) in [4.78, 5) is 20.2. The Balaban J connectivity index is 1.40. The number of ether oxygens (including phenoxy) is 2. The summed E-state index contributed by atoms with van der Waals surface area (Å²) in [5.41, 5.74) is 3.97. The molecule has 1 unspecified atom stereocenters. The van der Waals surface area contributed by atoms with E-state index in [4.69, 9.17) is 9.47 Å². The Morgan fingerprint density at radius 1 is 1.14 bits per heavy atom. The first-order valence-electron chi connectivity index (χ1n) is 12.1. The van der Waals surface area contributed by atoms with Crippen LogP contribution in [-0.2, 0) is 11.2 Å². The molecule has 0 spiro atoms. The molecular formula is C28H29FN2O4. The summed E-state index contributed by atoms with van der Waals surface area (Å²) in [5.74, 6) is -0.0781. The highest BCUT2D eigenvalue weighted by molar-refractivity contribution is 5.71. The van der Waals surface area contributed by atoms with Crippen LogP contribution in [0.4, 0.5) is 4.39 Å². The van der Waals surface area contributed by atoms with E-state index in [-0.39, 0.29) is 12.0 Å². The molecule has 35 heavy (non-hydrogen) atoms. The van der Waals surface area contributed by atoms with Crippen LogP contribution in [0.2, 0.25) is 0 Å². The molecule has 1 fully saturated rings. The van der Waals surface area contributed by atoms with E-state index in [1.54, 1.807) is 19.2 Å². The quantitative estimate of drug-likeness (QED) is 0.453. The Morgan fingerprint density at radius 3 is 2.66 bits per heavy atom. The minimum absolute atomic E-state index is 0.00670. The first kappa shape index (κ1) is 23.3. The Kier molecular flexibility index (Phi) is 6.41. The van der Waals surface area contributed by atoms with Crippen molar-refractivity contribution in [3.63, 3.8) is 0 Å². The van der Waals surface area contributed by atoms with E-state index in [9.17, 15) is 14.3 Å². The van der Waals surface area contributed by atoms with Crippen molar-refractivity contribution in [2.75, 3.05) is 7.11 Å². The van der Waals surface area contributed by atoms with Gasteiger partial charge < -0.3 is 14.6 Å². The van der Waals surface area contributed by atoms with Gasteiger partial charge in [-0.05, 0) is 67.2 Å². The molecule has 1 aliphatic heterocycles. The van der Waals surface area contributed by atoms with E-state index >= 15 is 0 Å². The lowest BCUT2D eigenvalue weighted by molar-refractivity contribution is -0.142. The van der Waals surface area contributed by atoms with Gasteiger partial charge in [0.15, 0.2) is 0 Å². The van der Waals surface area contributed by atoms with Crippen LogP contribution in [0.1, 0.15) is 61.4 Å². The van der Waals surface area contributed by atoms with E-state index in [2.05, 4.69) is 22.1 Å². The summed E-state index contributed by atoms with van der Waals surface area (Å²) >= 11 is 0. The van der Waals surface area contributed by atoms with Gasteiger partial charge in [-0.25, -0.2) is 9.37 Å². The molecule has 182 valence electrons. The molecule has 0 radical (unpaired) electrons. The highest BCUT2D eigenvalue weighted by Crippen LogP contribution is 2.48. The van der Waals surface area contributed by atoms with Crippen LogP contribution in [-0.4, -0.2) is 28.2 Å². The zero-order chi connectivity index (χ0) is 24.5. The SMILES string of the molecule is COc1cc(-c2ccc(C3CCCc4ccc([C@H](C5CC5)[C@H](C)C(=O)O)cc4O3)nc2)c(F)cn1. The van der Waals surface area contributed by atoms with Gasteiger partial charge in [-0.2, -0.15) is 0 Å². The number of rotatable bonds is 7. The molecule has 0 bridgehead atoms. The lowest BCUT2D eigenvalue weighted by Gasteiger charge is -2.23. The molecule has 6 nitrogen and oxygen atoms in total. The van der Waals surface area contributed by atoms with Crippen LogP contribution in [0.3, 0.4) is 0 Å². The van der Waals surface area contributed by atoms with Gasteiger partial charge >= 0.3 is 5.97 Å². The number of hydrogen-bond acceptors (Lipinski definition) is 5. The second-order valence-electron chi connectivity index (χ2n) is 9.53. The van der Waals surface area contributed by atoms with Gasteiger partial charge in [0.25, 0.3) is 0 Å². The minimum Gasteiger partial charge on any atom is -0.484 e. The predicted molar refractivity (Wildman–Crippen MR) is 129 cm³/mol. The van der Waals surface area contributed by atoms with Gasteiger partial charge in [0, 0.05) is 23.4 Å². The van der Waals surface area contributed by atoms with E-state index < -0.39 is 17.7 Å². The standard InChI is InChI=1S/C28H29FN2O4/c1-16(28(32)33)27(18-7-8-18)19-9-6-17-4-3-5-24(35-25(17)12-19)23-11-10-20(14-30-23)21-13-26(34-2)31-15-22(21)29/h6,9-16,18,24,27H,3-5,7-8H2,1-2H3,(H,32,33)/t16-,24?,27-/m0/s1. The summed E-state index contributed by atoms with van der Waals surface area (Å²) in [6.45, 7) is 1.80. The van der Waals surface area contributed by atoms with E-state index in [0.29, 0.717) is 22.9 Å². The van der Waals surface area contributed by atoms with Gasteiger partial charge in [0.1, 0.15) is 17.7 Å². The molecule has 0 amide bonds. The molecule has 5 rings (SSSR count). The fraction of sp³-hybridized carbons (Fsp3) is 0.393. The number of carboxylic acids is 1. The molecule has 3 aromatic rings. The maximum atomic E-state index is 14.3. The summed E-state index contributed by atoms with van der Waals surface area (Å²) in [5, 5.41) is 9.64. The Hall–Kier alpha value is -3.48. The fourth-order valence-corrected chi connectivity index (χ4v) is 5.08. The smallest absolute Gasteiger partial charge is 0.306 e. The van der Waals surface area contributed by atoms with Gasteiger partial charge in [0.05, 0.1) is 24.9 Å². The summed E-state index contributed by atoms with van der Waals surface area (Å²) < 4.78 is 25.9. The number of halogens is 1. The molecule has 3 atom stereocenters. The summed E-state index contributed by atoms with van der Waals surface area (Å²) in [7, 11) is 1.49. The van der Waals surface area contributed by atoms with Crippen molar-refractivity contribution in [2.24, 2.45) is 11.8 Å². The highest BCUT2D eigenvalue weighted by Gasteiger charge is 2.39. The van der Waals surface area contributed by atoms with Crippen molar-refractivity contribution in [1.29, 1.82) is 0 Å². The minimum atomic E-state index is -0.761. The van der Waals surface area contributed by atoms with Crippen molar-refractivity contribution in [3.05, 3.63) is 71.4 Å². The number of aryl methyl sites for hydroxylation is 1. The number of carboxylic acid groups (broad SMARTS) is 1. The van der Waals surface area contributed by atoms with Crippen LogP contribution in [0.5, 0.6) is 11.6 Å². The molecule has 1 N–H and O–H groups in total. The number of fused-ring (bicyclic) bond motifs is 1. The van der Waals surface area contributed by atoms with Crippen LogP contribution >= 0.6 is 0 Å². The van der Waals surface area contributed by atoms with Crippen LogP contribution < -0.4 is 9.47 Å². The Bertz CT molecular complexity index is 1230. The van der Waals surface area contributed by atoms with Crippen molar-refractivity contribution in [1.82, 2.24) is 9.97 Å². The summed E-state index contributed by atoms with van der Waals surface area (Å²) in [6, 6.07) is 11.5. The number of aliphatic carboxylic acids is 1. The van der Waals surface area contributed by atoms with E-state index in [1.807, 2.05) is 18.2 Å². The van der Waals surface area contributed by atoms with Crippen molar-refractivity contribution in [3.8, 4) is 22.8 Å². The molecule has 7 heteroatoms. The van der Waals surface area contributed by atoms with Crippen LogP contribution in [0, 0.1) is 17.7 Å². The molecular weight excluding hydrogens is 447 g/mol. The number of carbonyl (C=O) groups is 1. The Labute approximate surface area is 204 Å². The van der Waals surface area contributed by atoms with Gasteiger partial charge in [-0.3, -0.25) is 9.78 Å². The molecule has 1 aliphatic carbocycles. The first-order valence-corrected chi connectivity index (χ1v) is 12.1. The third-order valence-electron chi connectivity index (χ3n) is 7.18. The average Bonchev–Trinajstić information content (AvgIpc) is 3.71. The predicted octanol–water partition coefficient (Wildman–Crippen LogP) is 5.96. The zero-order valence-electron chi connectivity index (χ0n) is 19.9. The van der Waals surface area contributed by atoms with Crippen LogP contribution in [0.25, 0.3) is 11.1 Å². The highest BCUT2D eigenvalue weighted by atomic mass is 19.1. The molecule has 1 aromatic carbocycles. The topological polar surface area (TPSA) is 81.5 Å². The van der Waals surface area contributed by atoms with Gasteiger partial charge in [0.2, 0.25) is 5.88 Å². The van der Waals surface area contributed by atoms with E-state index in [0.717, 1.165) is 60.9 Å². The average molecular weight is 477 g/mol. The maximum Gasteiger partial charge on any atom is 0.306 e. The molecule has 2 aliphatic rings. The van der Waals surface area contributed by atoms with Gasteiger partial charge in [-0.1, -0.05) is 25.1 Å². The molecule has 1 saturated carbocycles. The largest absolute Gasteiger partial charge is 0.484 e. The number of hydrogen-bond donors (Lipinski definition) is 1. The van der Waals surface area contributed by atoms with Crippen molar-refractivity contribution >= 4 is 5.97 Å². The Morgan fingerprint density at radius 2 is 1.97 bits per heavy atom. The second-order valence-corrected chi connectivity index (χ2v) is 9.53. The normalized spacial score (nSPS) is 19.1. The zero-order valence-corrected chi connectivity index (χ0v) is 19.9. The number of nitrogens with zero attached hydrogens (tertiary/aromatic N) is 2. The maximum absolute atomic E-state index is 14.3. The van der Waals surface area contributed by atoms with Crippen LogP contribution in [0.15, 0.2) is 48.8 Å². The van der Waals surface area contributed by atoms with E-state index in [1.165, 1.54) is 7.11 Å². The first-order chi connectivity index (χ1) is 16.9. The number of pyridine rings is 2. The lowest BCUT2D eigenvalue weighted by atomic mass is 9.82. The molecule has 2 aromatic heterocycles. The van der Waals surface area contributed by atoms with Crippen molar-refractivity contribution < 1.29 is 23.8 Å². The van der Waals surface area contributed by atoms with Crippen molar-refractivity contribution in [2.45, 2.75) is 51.0 Å². The second kappa shape index (κ2) is 9.64. The number of methoxy groups -OCH3 is 1. The van der Waals surface area contributed by atoms with Gasteiger partial charge in [-0.15, -0.1) is 0 Å². The monoisotopic (exact) mass is 476 g/mol.